The largest absolute Gasteiger partial charge is 0.492 e. The Balaban J connectivity index is 2.02. The van der Waals surface area contributed by atoms with E-state index in [0.717, 1.165) is 17.9 Å². The molecular formula is C17H26ClNO. The minimum atomic E-state index is 0.436. The van der Waals surface area contributed by atoms with E-state index in [1.54, 1.807) is 0 Å². The number of hydrogen-bond acceptors (Lipinski definition) is 2. The van der Waals surface area contributed by atoms with Crippen molar-refractivity contribution in [2.75, 3.05) is 11.9 Å². The molecule has 1 saturated carbocycles. The van der Waals surface area contributed by atoms with Crippen molar-refractivity contribution in [2.24, 2.45) is 11.3 Å². The summed E-state index contributed by atoms with van der Waals surface area (Å²) in [5.74, 6) is 1.47. The van der Waals surface area contributed by atoms with Crippen LogP contribution in [0.1, 0.15) is 47.0 Å². The first kappa shape index (κ1) is 15.5. The summed E-state index contributed by atoms with van der Waals surface area (Å²) in [7, 11) is 0. The summed E-state index contributed by atoms with van der Waals surface area (Å²) >= 11 is 6.28. The zero-order valence-electron chi connectivity index (χ0n) is 13.0. The highest BCUT2D eigenvalue weighted by Gasteiger charge is 2.36. The second kappa shape index (κ2) is 6.26. The van der Waals surface area contributed by atoms with Crippen LogP contribution < -0.4 is 10.1 Å². The molecular weight excluding hydrogens is 270 g/mol. The molecule has 0 aliphatic heterocycles. The Morgan fingerprint density at radius 2 is 2.10 bits per heavy atom. The molecule has 1 N–H and O–H groups in total. The summed E-state index contributed by atoms with van der Waals surface area (Å²) in [5.41, 5.74) is 1.53. The molecule has 1 aliphatic rings. The topological polar surface area (TPSA) is 21.3 Å². The Hall–Kier alpha value is -0.890. The maximum Gasteiger partial charge on any atom is 0.138 e. The van der Waals surface area contributed by atoms with Gasteiger partial charge in [-0.25, -0.2) is 0 Å². The van der Waals surface area contributed by atoms with Gasteiger partial charge in [0.2, 0.25) is 0 Å². The summed E-state index contributed by atoms with van der Waals surface area (Å²) < 4.78 is 5.61. The molecule has 1 aromatic rings. The molecule has 0 amide bonds. The van der Waals surface area contributed by atoms with Crippen LogP contribution in [0.5, 0.6) is 5.75 Å². The highest BCUT2D eigenvalue weighted by molar-refractivity contribution is 6.32. The molecule has 0 heterocycles. The lowest BCUT2D eigenvalue weighted by Gasteiger charge is -2.20. The van der Waals surface area contributed by atoms with Gasteiger partial charge in [-0.3, -0.25) is 0 Å². The number of hydrogen-bond donors (Lipinski definition) is 1. The van der Waals surface area contributed by atoms with Crippen LogP contribution in [0, 0.1) is 11.3 Å². The lowest BCUT2D eigenvalue weighted by atomic mass is 9.91. The van der Waals surface area contributed by atoms with Crippen molar-refractivity contribution in [1.29, 1.82) is 0 Å². The Kier molecular flexibility index (Phi) is 4.85. The highest BCUT2D eigenvalue weighted by atomic mass is 35.5. The van der Waals surface area contributed by atoms with Crippen molar-refractivity contribution >= 4 is 17.3 Å². The Morgan fingerprint density at radius 1 is 1.35 bits per heavy atom. The van der Waals surface area contributed by atoms with E-state index in [9.17, 15) is 0 Å². The van der Waals surface area contributed by atoms with Crippen LogP contribution >= 0.6 is 11.6 Å². The molecule has 2 atom stereocenters. The summed E-state index contributed by atoms with van der Waals surface area (Å²) in [5, 5.41) is 4.32. The second-order valence-electron chi connectivity index (χ2n) is 6.79. The standard InChI is InChI=1S/C17H26ClNO/c1-5-8-20-16-7-6-13(9-14(16)18)19-15-11-17(3,4)10-12(15)2/h6-7,9,12,15,19H,5,8,10-11H2,1-4H3. The fourth-order valence-corrected chi connectivity index (χ4v) is 3.46. The fourth-order valence-electron chi connectivity index (χ4n) is 3.22. The Morgan fingerprint density at radius 3 is 2.65 bits per heavy atom. The van der Waals surface area contributed by atoms with Crippen molar-refractivity contribution in [1.82, 2.24) is 0 Å². The molecule has 0 bridgehead atoms. The van der Waals surface area contributed by atoms with Gasteiger partial charge in [0.15, 0.2) is 0 Å². The lowest BCUT2D eigenvalue weighted by molar-refractivity contribution is 0.317. The SMILES string of the molecule is CCCOc1ccc(NC2CC(C)(C)CC2C)cc1Cl. The van der Waals surface area contributed by atoms with Crippen LogP contribution in [-0.4, -0.2) is 12.6 Å². The molecule has 2 nitrogen and oxygen atoms in total. The van der Waals surface area contributed by atoms with E-state index < -0.39 is 0 Å². The van der Waals surface area contributed by atoms with Crippen molar-refractivity contribution < 1.29 is 4.74 Å². The van der Waals surface area contributed by atoms with Crippen LogP contribution in [-0.2, 0) is 0 Å². The first-order valence-corrected chi connectivity index (χ1v) is 7.98. The number of rotatable bonds is 5. The molecule has 3 heteroatoms. The average molecular weight is 296 g/mol. The summed E-state index contributed by atoms with van der Waals surface area (Å²) in [6.45, 7) is 9.82. The van der Waals surface area contributed by atoms with Crippen LogP contribution in [0.3, 0.4) is 0 Å². The van der Waals surface area contributed by atoms with Crippen LogP contribution in [0.4, 0.5) is 5.69 Å². The maximum absolute atomic E-state index is 6.28. The van der Waals surface area contributed by atoms with E-state index in [2.05, 4.69) is 39.1 Å². The van der Waals surface area contributed by atoms with Gasteiger partial charge in [0.05, 0.1) is 11.6 Å². The third kappa shape index (κ3) is 3.82. The lowest BCUT2D eigenvalue weighted by Crippen LogP contribution is -2.22. The van der Waals surface area contributed by atoms with E-state index in [1.165, 1.54) is 12.8 Å². The van der Waals surface area contributed by atoms with Crippen molar-refractivity contribution in [3.8, 4) is 5.75 Å². The van der Waals surface area contributed by atoms with Crippen molar-refractivity contribution in [2.45, 2.75) is 53.0 Å². The number of anilines is 1. The van der Waals surface area contributed by atoms with Crippen LogP contribution in [0.2, 0.25) is 5.02 Å². The van der Waals surface area contributed by atoms with Gasteiger partial charge in [-0.05, 0) is 48.8 Å². The fraction of sp³-hybridized carbons (Fsp3) is 0.647. The predicted octanol–water partition coefficient (Wildman–Crippen LogP) is 5.37. The third-order valence-electron chi connectivity index (χ3n) is 4.08. The van der Waals surface area contributed by atoms with Crippen molar-refractivity contribution in [3.63, 3.8) is 0 Å². The monoisotopic (exact) mass is 295 g/mol. The van der Waals surface area contributed by atoms with Gasteiger partial charge < -0.3 is 10.1 Å². The van der Waals surface area contributed by atoms with Gasteiger partial charge in [0.1, 0.15) is 5.75 Å². The molecule has 2 rings (SSSR count). The van der Waals surface area contributed by atoms with Gasteiger partial charge in [-0.1, -0.05) is 39.3 Å². The zero-order chi connectivity index (χ0) is 14.8. The minimum absolute atomic E-state index is 0.436. The van der Waals surface area contributed by atoms with Gasteiger partial charge in [0.25, 0.3) is 0 Å². The average Bonchev–Trinajstić information content (AvgIpc) is 2.61. The quantitative estimate of drug-likeness (QED) is 0.789. The molecule has 0 aromatic heterocycles. The van der Waals surface area contributed by atoms with Crippen molar-refractivity contribution in [3.05, 3.63) is 23.2 Å². The van der Waals surface area contributed by atoms with Gasteiger partial charge >= 0.3 is 0 Å². The molecule has 1 aromatic carbocycles. The van der Waals surface area contributed by atoms with E-state index in [-0.39, 0.29) is 0 Å². The second-order valence-corrected chi connectivity index (χ2v) is 7.20. The van der Waals surface area contributed by atoms with Crippen LogP contribution in [0.25, 0.3) is 0 Å². The molecule has 1 aliphatic carbocycles. The normalized spacial score (nSPS) is 24.6. The van der Waals surface area contributed by atoms with Gasteiger partial charge in [0, 0.05) is 11.7 Å². The third-order valence-corrected chi connectivity index (χ3v) is 4.37. The number of ether oxygens (including phenoxy) is 1. The molecule has 2 unspecified atom stereocenters. The van der Waals surface area contributed by atoms with E-state index in [1.807, 2.05) is 12.1 Å². The highest BCUT2D eigenvalue weighted by Crippen LogP contribution is 2.42. The zero-order valence-corrected chi connectivity index (χ0v) is 13.8. The van der Waals surface area contributed by atoms with E-state index in [4.69, 9.17) is 16.3 Å². The molecule has 1 fully saturated rings. The summed E-state index contributed by atoms with van der Waals surface area (Å²) in [6.07, 6.45) is 3.47. The molecule has 0 spiro atoms. The first-order chi connectivity index (χ1) is 9.41. The molecule has 112 valence electrons. The Labute approximate surface area is 127 Å². The summed E-state index contributed by atoms with van der Waals surface area (Å²) in [4.78, 5) is 0. The molecule has 0 radical (unpaired) electrons. The minimum Gasteiger partial charge on any atom is -0.492 e. The van der Waals surface area contributed by atoms with Gasteiger partial charge in [-0.15, -0.1) is 0 Å². The first-order valence-electron chi connectivity index (χ1n) is 7.60. The summed E-state index contributed by atoms with van der Waals surface area (Å²) in [6, 6.07) is 6.54. The Bertz CT molecular complexity index is 458. The van der Waals surface area contributed by atoms with E-state index >= 15 is 0 Å². The number of benzene rings is 1. The maximum atomic E-state index is 6.28. The molecule has 20 heavy (non-hydrogen) atoms. The predicted molar refractivity (Wildman–Crippen MR) is 86.8 cm³/mol. The number of nitrogens with one attached hydrogen (secondary N) is 1. The smallest absolute Gasteiger partial charge is 0.138 e. The van der Waals surface area contributed by atoms with Gasteiger partial charge in [-0.2, -0.15) is 0 Å². The van der Waals surface area contributed by atoms with Crippen LogP contribution in [0.15, 0.2) is 18.2 Å². The number of halogens is 1. The van der Waals surface area contributed by atoms with E-state index in [0.29, 0.717) is 29.0 Å². The molecule has 0 saturated heterocycles.